The maximum atomic E-state index is 13.0. The molecule has 0 saturated carbocycles. The first kappa shape index (κ1) is 78.4. The first-order chi connectivity index (χ1) is 40.0. The van der Waals surface area contributed by atoms with Crippen molar-refractivity contribution in [2.75, 3.05) is 13.2 Å². The topological polar surface area (TPSA) is 78.9 Å². The average Bonchev–Trinajstić information content (AvgIpc) is 3.46. The van der Waals surface area contributed by atoms with Gasteiger partial charge in [-0.05, 0) is 83.5 Å². The fourth-order valence-corrected chi connectivity index (χ4v) is 10.9. The molecular weight excluding hydrogens is 997 g/mol. The van der Waals surface area contributed by atoms with Crippen LogP contribution in [0, 0.1) is 0 Å². The zero-order valence-corrected chi connectivity index (χ0v) is 54.6. The Kier molecular flexibility index (Phi) is 67.6. The summed E-state index contributed by atoms with van der Waals surface area (Å²) in [6, 6.07) is 0. The van der Waals surface area contributed by atoms with Gasteiger partial charge in [0.1, 0.15) is 13.2 Å². The van der Waals surface area contributed by atoms with Crippen molar-refractivity contribution in [3.8, 4) is 0 Å². The van der Waals surface area contributed by atoms with Crippen molar-refractivity contribution in [2.24, 2.45) is 0 Å². The molecule has 6 nitrogen and oxygen atoms in total. The lowest BCUT2D eigenvalue weighted by atomic mass is 10.0. The summed E-state index contributed by atoms with van der Waals surface area (Å²) in [5.41, 5.74) is 0. The van der Waals surface area contributed by atoms with E-state index in [1.54, 1.807) is 0 Å². The zero-order valence-electron chi connectivity index (χ0n) is 54.6. The quantitative estimate of drug-likeness (QED) is 0.0261. The molecule has 1 atom stereocenters. The van der Waals surface area contributed by atoms with E-state index in [2.05, 4.69) is 69.4 Å². The van der Waals surface area contributed by atoms with Crippen LogP contribution in [-0.4, -0.2) is 37.2 Å². The summed E-state index contributed by atoms with van der Waals surface area (Å²) in [5.74, 6) is -0.866. The van der Waals surface area contributed by atoms with Crippen LogP contribution < -0.4 is 0 Å². The van der Waals surface area contributed by atoms with Crippen molar-refractivity contribution < 1.29 is 28.6 Å². The third-order valence-electron chi connectivity index (χ3n) is 16.3. The van der Waals surface area contributed by atoms with Crippen molar-refractivity contribution in [3.05, 3.63) is 48.6 Å². The Balaban J connectivity index is 4.24. The Bertz CT molecular complexity index is 1400. The van der Waals surface area contributed by atoms with Gasteiger partial charge in [0.05, 0.1) is 0 Å². The smallest absolute Gasteiger partial charge is 0.306 e. The minimum absolute atomic E-state index is 0.0748. The van der Waals surface area contributed by atoms with E-state index in [1.165, 1.54) is 270 Å². The van der Waals surface area contributed by atoms with Crippen LogP contribution in [0.25, 0.3) is 0 Å². The molecule has 0 radical (unpaired) electrons. The molecule has 0 heterocycles. The largest absolute Gasteiger partial charge is 0.462 e. The summed E-state index contributed by atoms with van der Waals surface area (Å²) in [4.78, 5) is 38.4. The van der Waals surface area contributed by atoms with E-state index in [0.717, 1.165) is 83.5 Å². The van der Waals surface area contributed by atoms with E-state index in [4.69, 9.17) is 14.2 Å². The number of esters is 3. The average molecular weight is 1140 g/mol. The van der Waals surface area contributed by atoms with E-state index >= 15 is 0 Å². The minimum Gasteiger partial charge on any atom is -0.462 e. The van der Waals surface area contributed by atoms with Gasteiger partial charge < -0.3 is 14.2 Å². The van der Waals surface area contributed by atoms with Gasteiger partial charge in [-0.15, -0.1) is 0 Å². The predicted molar refractivity (Wildman–Crippen MR) is 353 cm³/mol. The van der Waals surface area contributed by atoms with Gasteiger partial charge in [0.15, 0.2) is 6.10 Å². The van der Waals surface area contributed by atoms with Crippen LogP contribution in [0.1, 0.15) is 393 Å². The standard InChI is InChI=1S/C75H138O6/c1-4-7-10-13-16-19-22-25-27-29-31-33-35-36-37-38-40-41-43-45-47-50-53-56-59-62-65-68-74(77)80-71-72(70-79-73(76)67-64-61-58-55-52-49-24-21-18-15-12-9-6-3)81-75(78)69-66-63-60-57-54-51-48-46-44-42-39-34-32-30-28-26-23-20-17-14-11-8-5-2/h21,23-24,26,30,32,39,42,72H,4-20,22,25,27-29,31,33-38,40-41,43-71H2,1-3H3/b24-21-,26-23-,32-30-,42-39-. The molecule has 0 rings (SSSR count). The molecule has 0 aromatic heterocycles. The molecular formula is C75H138O6. The molecule has 0 fully saturated rings. The van der Waals surface area contributed by atoms with E-state index in [9.17, 15) is 14.4 Å². The highest BCUT2D eigenvalue weighted by Crippen LogP contribution is 2.18. The maximum absolute atomic E-state index is 13.0. The van der Waals surface area contributed by atoms with Crippen LogP contribution in [0.4, 0.5) is 0 Å². The van der Waals surface area contributed by atoms with Crippen molar-refractivity contribution in [3.63, 3.8) is 0 Å². The van der Waals surface area contributed by atoms with Gasteiger partial charge in [0, 0.05) is 19.3 Å². The Labute approximate surface area is 505 Å². The highest BCUT2D eigenvalue weighted by Gasteiger charge is 2.19. The molecule has 0 spiro atoms. The Morgan fingerprint density at radius 3 is 0.716 bits per heavy atom. The SMILES string of the molecule is CCCCCC/C=C\CCCCCCCC(=O)OCC(COC(=O)CCCCCCCCCCCCCCCCCCCCCCCCCCCCC)OC(=O)CCCCCCCCCC/C=C\C/C=C\C/C=C\CCCCCCC. The predicted octanol–water partition coefficient (Wildman–Crippen LogP) is 24.9. The van der Waals surface area contributed by atoms with Crippen molar-refractivity contribution >= 4 is 17.9 Å². The van der Waals surface area contributed by atoms with Gasteiger partial charge in [-0.2, -0.15) is 0 Å². The fourth-order valence-electron chi connectivity index (χ4n) is 10.9. The Morgan fingerprint density at radius 2 is 0.444 bits per heavy atom. The van der Waals surface area contributed by atoms with E-state index in [1.807, 2.05) is 0 Å². The van der Waals surface area contributed by atoms with Gasteiger partial charge in [-0.1, -0.05) is 339 Å². The normalized spacial score (nSPS) is 12.3. The second-order valence-corrected chi connectivity index (χ2v) is 24.5. The number of rotatable bonds is 67. The number of ether oxygens (including phenoxy) is 3. The first-order valence-electron chi connectivity index (χ1n) is 36.1. The summed E-state index contributed by atoms with van der Waals surface area (Å²) in [7, 11) is 0. The highest BCUT2D eigenvalue weighted by atomic mass is 16.6. The van der Waals surface area contributed by atoms with Crippen molar-refractivity contribution in [1.29, 1.82) is 0 Å². The molecule has 1 unspecified atom stereocenters. The van der Waals surface area contributed by atoms with E-state index in [-0.39, 0.29) is 31.1 Å². The van der Waals surface area contributed by atoms with E-state index in [0.29, 0.717) is 19.3 Å². The molecule has 0 saturated heterocycles. The molecule has 81 heavy (non-hydrogen) atoms. The van der Waals surface area contributed by atoms with Crippen LogP contribution in [0.5, 0.6) is 0 Å². The molecule has 0 amide bonds. The van der Waals surface area contributed by atoms with Crippen LogP contribution >= 0.6 is 0 Å². The third-order valence-corrected chi connectivity index (χ3v) is 16.3. The zero-order chi connectivity index (χ0) is 58.5. The second kappa shape index (κ2) is 69.9. The molecule has 474 valence electrons. The van der Waals surface area contributed by atoms with Crippen molar-refractivity contribution in [1.82, 2.24) is 0 Å². The summed E-state index contributed by atoms with van der Waals surface area (Å²) in [5, 5.41) is 0. The monoisotopic (exact) mass is 1140 g/mol. The molecule has 0 N–H and O–H groups in total. The van der Waals surface area contributed by atoms with Crippen LogP contribution in [0.15, 0.2) is 48.6 Å². The lowest BCUT2D eigenvalue weighted by Gasteiger charge is -2.18. The van der Waals surface area contributed by atoms with Gasteiger partial charge in [0.25, 0.3) is 0 Å². The number of carbonyl (C=O) groups excluding carboxylic acids is 3. The number of hydrogen-bond acceptors (Lipinski definition) is 6. The van der Waals surface area contributed by atoms with Gasteiger partial charge in [-0.25, -0.2) is 0 Å². The minimum atomic E-state index is -0.780. The van der Waals surface area contributed by atoms with Crippen LogP contribution in [-0.2, 0) is 28.6 Å². The van der Waals surface area contributed by atoms with Gasteiger partial charge >= 0.3 is 17.9 Å². The summed E-state index contributed by atoms with van der Waals surface area (Å²) in [6.07, 6.45) is 88.6. The molecule has 6 heteroatoms. The molecule has 0 aliphatic heterocycles. The molecule has 0 aliphatic carbocycles. The summed E-state index contributed by atoms with van der Waals surface area (Å²) < 4.78 is 17.0. The third kappa shape index (κ3) is 68.0. The number of allylic oxidation sites excluding steroid dienone is 8. The van der Waals surface area contributed by atoms with Crippen LogP contribution in [0.2, 0.25) is 0 Å². The van der Waals surface area contributed by atoms with E-state index < -0.39 is 6.10 Å². The number of carbonyl (C=O) groups is 3. The number of unbranched alkanes of at least 4 members (excludes halogenated alkanes) is 48. The molecule has 0 aliphatic rings. The summed E-state index contributed by atoms with van der Waals surface area (Å²) in [6.45, 7) is 6.67. The summed E-state index contributed by atoms with van der Waals surface area (Å²) >= 11 is 0. The molecule has 0 aromatic rings. The first-order valence-corrected chi connectivity index (χ1v) is 36.1. The van der Waals surface area contributed by atoms with Crippen LogP contribution in [0.3, 0.4) is 0 Å². The molecule has 0 bridgehead atoms. The Morgan fingerprint density at radius 1 is 0.247 bits per heavy atom. The Hall–Kier alpha value is -2.63. The molecule has 0 aromatic carbocycles. The number of hydrogen-bond donors (Lipinski definition) is 0. The second-order valence-electron chi connectivity index (χ2n) is 24.5. The highest BCUT2D eigenvalue weighted by molar-refractivity contribution is 5.71. The van der Waals surface area contributed by atoms with Gasteiger partial charge in [-0.3, -0.25) is 14.4 Å². The maximum Gasteiger partial charge on any atom is 0.306 e. The fraction of sp³-hybridized carbons (Fsp3) is 0.853. The lowest BCUT2D eigenvalue weighted by molar-refractivity contribution is -0.167. The lowest BCUT2D eigenvalue weighted by Crippen LogP contribution is -2.30. The van der Waals surface area contributed by atoms with Gasteiger partial charge in [0.2, 0.25) is 0 Å². The van der Waals surface area contributed by atoms with Crippen molar-refractivity contribution in [2.45, 2.75) is 399 Å².